The van der Waals surface area contributed by atoms with Gasteiger partial charge in [-0.1, -0.05) is 30.3 Å². The first-order valence-corrected chi connectivity index (χ1v) is 8.29. The molecule has 2 N–H and O–H groups in total. The molecule has 0 unspecified atom stereocenters. The molecular weight excluding hydrogens is 368 g/mol. The van der Waals surface area contributed by atoms with Gasteiger partial charge in [0, 0.05) is 6.20 Å². The zero-order valence-electron chi connectivity index (χ0n) is 14.8. The number of carboxylic acids is 1. The van der Waals surface area contributed by atoms with E-state index in [1.54, 1.807) is 31.2 Å². The lowest BCUT2D eigenvalue weighted by Crippen LogP contribution is -2.32. The Balaban J connectivity index is 2.20. The minimum atomic E-state index is -1.28. The maximum atomic E-state index is 12.8. The van der Waals surface area contributed by atoms with E-state index >= 15 is 0 Å². The molecule has 0 saturated heterocycles. The Bertz CT molecular complexity index is 1110. The van der Waals surface area contributed by atoms with Gasteiger partial charge in [0.25, 0.3) is 0 Å². The Hall–Kier alpha value is -3.88. The molecule has 0 aliphatic rings. The van der Waals surface area contributed by atoms with Crippen LogP contribution in [0, 0.1) is 0 Å². The molecule has 3 rings (SSSR count). The largest absolute Gasteiger partial charge is 0.506 e. The molecule has 0 amide bonds. The lowest BCUT2D eigenvalue weighted by Gasteiger charge is -2.14. The van der Waals surface area contributed by atoms with Crippen LogP contribution in [0.25, 0.3) is 11.0 Å². The van der Waals surface area contributed by atoms with Crippen molar-refractivity contribution in [2.45, 2.75) is 13.5 Å². The van der Waals surface area contributed by atoms with Crippen LogP contribution in [0.1, 0.15) is 33.2 Å². The summed E-state index contributed by atoms with van der Waals surface area (Å²) in [6.07, 6.45) is 1.02. The van der Waals surface area contributed by atoms with E-state index in [0.29, 0.717) is 0 Å². The standard InChI is InChI=1S/C19H16N2O7/c1-2-27-19(26)14-15(22)13-8-12(18(24)25)9-20-16(13)21(17(14)23)28-10-11-6-4-3-5-7-11/h3-9,22H,2,10H2,1H3,(H,24,25). The van der Waals surface area contributed by atoms with E-state index in [0.717, 1.165) is 22.6 Å². The second-order valence-electron chi connectivity index (χ2n) is 5.70. The first-order valence-electron chi connectivity index (χ1n) is 8.29. The number of ether oxygens (including phenoxy) is 1. The molecule has 144 valence electrons. The van der Waals surface area contributed by atoms with E-state index < -0.39 is 28.8 Å². The average molecular weight is 384 g/mol. The number of benzene rings is 1. The molecular formula is C19H16N2O7. The third-order valence-corrected chi connectivity index (χ3v) is 3.88. The monoisotopic (exact) mass is 384 g/mol. The average Bonchev–Trinajstić information content (AvgIpc) is 2.68. The number of pyridine rings is 2. The predicted molar refractivity (Wildman–Crippen MR) is 97.3 cm³/mol. The fourth-order valence-corrected chi connectivity index (χ4v) is 2.56. The van der Waals surface area contributed by atoms with Crippen molar-refractivity contribution in [1.29, 1.82) is 0 Å². The maximum Gasteiger partial charge on any atom is 0.347 e. The van der Waals surface area contributed by atoms with Crippen LogP contribution in [0.2, 0.25) is 0 Å². The van der Waals surface area contributed by atoms with Gasteiger partial charge >= 0.3 is 17.5 Å². The van der Waals surface area contributed by atoms with Crippen molar-refractivity contribution in [2.75, 3.05) is 6.61 Å². The molecule has 0 aliphatic carbocycles. The van der Waals surface area contributed by atoms with Crippen LogP contribution in [-0.4, -0.2) is 38.5 Å². The van der Waals surface area contributed by atoms with E-state index in [-0.39, 0.29) is 29.8 Å². The number of aromatic hydroxyl groups is 1. The Morgan fingerprint density at radius 1 is 1.21 bits per heavy atom. The summed E-state index contributed by atoms with van der Waals surface area (Å²) >= 11 is 0. The van der Waals surface area contributed by atoms with E-state index in [1.165, 1.54) is 0 Å². The summed E-state index contributed by atoms with van der Waals surface area (Å²) in [5.41, 5.74) is -1.24. The van der Waals surface area contributed by atoms with Gasteiger partial charge in [0.15, 0.2) is 11.2 Å². The summed E-state index contributed by atoms with van der Waals surface area (Å²) in [6.45, 7) is 1.50. The van der Waals surface area contributed by atoms with E-state index in [4.69, 9.17) is 14.7 Å². The minimum absolute atomic E-state index is 0.0198. The normalized spacial score (nSPS) is 10.6. The van der Waals surface area contributed by atoms with Crippen molar-refractivity contribution < 1.29 is 29.4 Å². The highest BCUT2D eigenvalue weighted by atomic mass is 16.7. The molecule has 0 saturated carbocycles. The van der Waals surface area contributed by atoms with Crippen LogP contribution in [0.15, 0.2) is 47.4 Å². The highest BCUT2D eigenvalue weighted by Gasteiger charge is 2.25. The van der Waals surface area contributed by atoms with Gasteiger partial charge in [-0.2, -0.15) is 0 Å². The van der Waals surface area contributed by atoms with Crippen LogP contribution in [-0.2, 0) is 11.3 Å². The zero-order valence-corrected chi connectivity index (χ0v) is 14.8. The van der Waals surface area contributed by atoms with Gasteiger partial charge in [0.1, 0.15) is 12.4 Å². The second kappa shape index (κ2) is 7.78. The molecule has 0 radical (unpaired) electrons. The number of esters is 1. The topological polar surface area (TPSA) is 128 Å². The summed E-state index contributed by atoms with van der Waals surface area (Å²) in [7, 11) is 0. The zero-order chi connectivity index (χ0) is 20.3. The number of hydrogen-bond donors (Lipinski definition) is 2. The van der Waals surface area contributed by atoms with E-state index in [2.05, 4.69) is 4.98 Å². The summed E-state index contributed by atoms with van der Waals surface area (Å²) < 4.78 is 5.58. The van der Waals surface area contributed by atoms with E-state index in [9.17, 15) is 19.5 Å². The molecule has 2 aromatic heterocycles. The molecule has 9 nitrogen and oxygen atoms in total. The summed E-state index contributed by atoms with van der Waals surface area (Å²) in [5, 5.41) is 19.5. The summed E-state index contributed by atoms with van der Waals surface area (Å²) in [4.78, 5) is 45.7. The smallest absolute Gasteiger partial charge is 0.347 e. The minimum Gasteiger partial charge on any atom is -0.506 e. The van der Waals surface area contributed by atoms with Gasteiger partial charge in [-0.15, -0.1) is 4.73 Å². The Kier molecular flexibility index (Phi) is 5.25. The van der Waals surface area contributed by atoms with Crippen molar-refractivity contribution in [3.8, 4) is 5.75 Å². The van der Waals surface area contributed by atoms with Gasteiger partial charge in [-0.05, 0) is 18.6 Å². The van der Waals surface area contributed by atoms with Crippen molar-refractivity contribution in [2.24, 2.45) is 0 Å². The number of carbonyl (C=O) groups is 2. The first-order chi connectivity index (χ1) is 13.4. The fourth-order valence-electron chi connectivity index (χ4n) is 2.56. The number of rotatable bonds is 6. The van der Waals surface area contributed by atoms with Crippen LogP contribution in [0.3, 0.4) is 0 Å². The molecule has 0 aliphatic heterocycles. The molecule has 9 heteroatoms. The van der Waals surface area contributed by atoms with Gasteiger partial charge in [0.2, 0.25) is 0 Å². The van der Waals surface area contributed by atoms with Gasteiger partial charge in [-0.25, -0.2) is 14.6 Å². The fraction of sp³-hybridized carbons (Fsp3) is 0.158. The number of aromatic carboxylic acids is 1. The third-order valence-electron chi connectivity index (χ3n) is 3.88. The van der Waals surface area contributed by atoms with Crippen molar-refractivity contribution in [1.82, 2.24) is 9.71 Å². The van der Waals surface area contributed by atoms with Crippen molar-refractivity contribution >= 4 is 23.0 Å². The van der Waals surface area contributed by atoms with Gasteiger partial charge in [-0.3, -0.25) is 4.79 Å². The molecule has 0 fully saturated rings. The van der Waals surface area contributed by atoms with E-state index in [1.807, 2.05) is 6.07 Å². The van der Waals surface area contributed by atoms with Crippen molar-refractivity contribution in [3.63, 3.8) is 0 Å². The number of aromatic nitrogens is 2. The SMILES string of the molecule is CCOC(=O)c1c(O)c2cc(C(=O)O)cnc2n(OCc2ccccc2)c1=O. The molecule has 28 heavy (non-hydrogen) atoms. The Labute approximate surface area is 158 Å². The lowest BCUT2D eigenvalue weighted by atomic mass is 10.1. The number of fused-ring (bicyclic) bond motifs is 1. The molecule has 0 bridgehead atoms. The predicted octanol–water partition coefficient (Wildman–Crippen LogP) is 1.61. The maximum absolute atomic E-state index is 12.8. The second-order valence-corrected chi connectivity index (χ2v) is 5.70. The van der Waals surface area contributed by atoms with Gasteiger partial charge < -0.3 is 19.8 Å². The van der Waals surface area contributed by atoms with Gasteiger partial charge in [0.05, 0.1) is 17.6 Å². The number of nitrogens with zero attached hydrogens (tertiary/aromatic N) is 2. The van der Waals surface area contributed by atoms with Crippen molar-refractivity contribution in [3.05, 3.63) is 69.6 Å². The summed E-state index contributed by atoms with van der Waals surface area (Å²) in [5.74, 6) is -3.05. The highest BCUT2D eigenvalue weighted by molar-refractivity contribution is 6.00. The van der Waals surface area contributed by atoms with Crippen LogP contribution < -0.4 is 10.4 Å². The van der Waals surface area contributed by atoms with Crippen LogP contribution in [0.5, 0.6) is 5.75 Å². The number of carbonyl (C=O) groups excluding carboxylic acids is 1. The lowest BCUT2D eigenvalue weighted by molar-refractivity contribution is 0.0507. The molecule has 2 heterocycles. The molecule has 0 atom stereocenters. The number of hydrogen-bond acceptors (Lipinski definition) is 7. The third kappa shape index (κ3) is 3.50. The van der Waals surface area contributed by atoms with Crippen LogP contribution in [0.4, 0.5) is 0 Å². The Morgan fingerprint density at radius 3 is 2.57 bits per heavy atom. The quantitative estimate of drug-likeness (QED) is 0.614. The first kappa shape index (κ1) is 18.9. The van der Waals surface area contributed by atoms with Crippen LogP contribution >= 0.6 is 0 Å². The molecule has 0 spiro atoms. The highest BCUT2D eigenvalue weighted by Crippen LogP contribution is 2.26. The summed E-state index contributed by atoms with van der Waals surface area (Å²) in [6, 6.07) is 10.0. The molecule has 3 aromatic rings. The number of carboxylic acid groups (broad SMARTS) is 1. The Morgan fingerprint density at radius 2 is 1.93 bits per heavy atom. The molecule has 1 aromatic carbocycles.